The Labute approximate surface area is 117 Å². The Hall–Kier alpha value is -2.08. The normalized spacial score (nSPS) is 12.7. The van der Waals surface area contributed by atoms with Crippen molar-refractivity contribution >= 4 is 5.91 Å². The average molecular weight is 277 g/mol. The van der Waals surface area contributed by atoms with Crippen LogP contribution in [0.25, 0.3) is 0 Å². The van der Waals surface area contributed by atoms with Gasteiger partial charge in [0.15, 0.2) is 0 Å². The molecular formula is C14H19N3O3. The molecule has 0 spiro atoms. The quantitative estimate of drug-likeness (QED) is 0.870. The van der Waals surface area contributed by atoms with Gasteiger partial charge in [0, 0.05) is 7.05 Å². The van der Waals surface area contributed by atoms with Gasteiger partial charge in [0.25, 0.3) is 5.91 Å². The highest BCUT2D eigenvalue weighted by Gasteiger charge is 2.20. The van der Waals surface area contributed by atoms with E-state index in [0.717, 1.165) is 5.69 Å². The first kappa shape index (κ1) is 14.3. The molecule has 0 bridgehead atoms. The molecule has 2 N–H and O–H groups in total. The summed E-state index contributed by atoms with van der Waals surface area (Å²) >= 11 is 0. The lowest BCUT2D eigenvalue weighted by atomic mass is 10.1. The molecule has 0 aliphatic carbocycles. The van der Waals surface area contributed by atoms with Crippen molar-refractivity contribution in [2.75, 3.05) is 6.61 Å². The number of carbonyl (C=O) groups excluding carboxylic acids is 1. The van der Waals surface area contributed by atoms with Crippen LogP contribution in [-0.4, -0.2) is 27.4 Å². The first-order valence-corrected chi connectivity index (χ1v) is 6.52. The van der Waals surface area contributed by atoms with Gasteiger partial charge in [-0.3, -0.25) is 9.48 Å². The zero-order valence-corrected chi connectivity index (χ0v) is 11.8. The highest BCUT2D eigenvalue weighted by atomic mass is 16.3. The summed E-state index contributed by atoms with van der Waals surface area (Å²) in [5.74, 6) is 0.482. The standard InChI is InChI=1S/C14H19N3O3/c1-9(2)10-7-12(17(3)16-10)14(19)15-11(8-18)13-5-4-6-20-13/h4-7,9,11,18H,8H2,1-3H3,(H,15,19). The minimum Gasteiger partial charge on any atom is -0.467 e. The Balaban J connectivity index is 2.15. The fourth-order valence-corrected chi connectivity index (χ4v) is 1.91. The fraction of sp³-hybridized carbons (Fsp3) is 0.429. The predicted octanol–water partition coefficient (Wildman–Crippen LogP) is 1.60. The van der Waals surface area contributed by atoms with Crippen LogP contribution in [0.3, 0.4) is 0 Å². The molecule has 20 heavy (non-hydrogen) atoms. The van der Waals surface area contributed by atoms with Crippen molar-refractivity contribution in [2.45, 2.75) is 25.8 Å². The summed E-state index contributed by atoms with van der Waals surface area (Å²) in [6, 6.07) is 4.63. The van der Waals surface area contributed by atoms with Crippen LogP contribution in [0, 0.1) is 0 Å². The lowest BCUT2D eigenvalue weighted by Crippen LogP contribution is -2.31. The molecule has 0 fully saturated rings. The third-order valence-electron chi connectivity index (χ3n) is 3.10. The predicted molar refractivity (Wildman–Crippen MR) is 73.3 cm³/mol. The SMILES string of the molecule is CC(C)c1cc(C(=O)NC(CO)c2ccco2)n(C)n1. The summed E-state index contributed by atoms with van der Waals surface area (Å²) in [4.78, 5) is 12.2. The summed E-state index contributed by atoms with van der Waals surface area (Å²) in [5, 5.41) is 16.4. The number of amides is 1. The number of hydrogen-bond donors (Lipinski definition) is 2. The van der Waals surface area contributed by atoms with Gasteiger partial charge in [-0.05, 0) is 24.1 Å². The Bertz CT molecular complexity index is 573. The van der Waals surface area contributed by atoms with Gasteiger partial charge in [-0.25, -0.2) is 0 Å². The van der Waals surface area contributed by atoms with Crippen LogP contribution in [0.2, 0.25) is 0 Å². The lowest BCUT2D eigenvalue weighted by molar-refractivity contribution is 0.0897. The minimum atomic E-state index is -0.560. The minimum absolute atomic E-state index is 0.228. The molecule has 0 radical (unpaired) electrons. The van der Waals surface area contributed by atoms with E-state index in [2.05, 4.69) is 10.4 Å². The number of aliphatic hydroxyl groups is 1. The number of rotatable bonds is 5. The zero-order chi connectivity index (χ0) is 14.7. The molecule has 2 heterocycles. The Morgan fingerprint density at radius 1 is 1.55 bits per heavy atom. The maximum Gasteiger partial charge on any atom is 0.270 e. The summed E-state index contributed by atoms with van der Waals surface area (Å²) in [6.45, 7) is 3.81. The Kier molecular flexibility index (Phi) is 4.24. The zero-order valence-electron chi connectivity index (χ0n) is 11.8. The maximum atomic E-state index is 12.2. The number of aliphatic hydroxyl groups excluding tert-OH is 1. The van der Waals surface area contributed by atoms with E-state index in [4.69, 9.17) is 4.42 Å². The van der Waals surface area contributed by atoms with Crippen molar-refractivity contribution in [1.29, 1.82) is 0 Å². The van der Waals surface area contributed by atoms with Crippen molar-refractivity contribution in [3.8, 4) is 0 Å². The number of carbonyl (C=O) groups is 1. The molecule has 108 valence electrons. The number of nitrogens with one attached hydrogen (secondary N) is 1. The van der Waals surface area contributed by atoms with E-state index >= 15 is 0 Å². The van der Waals surface area contributed by atoms with Crippen molar-refractivity contribution in [3.05, 3.63) is 41.6 Å². The Morgan fingerprint density at radius 3 is 2.80 bits per heavy atom. The second kappa shape index (κ2) is 5.92. The van der Waals surface area contributed by atoms with Gasteiger partial charge in [0.1, 0.15) is 17.5 Å². The van der Waals surface area contributed by atoms with E-state index in [1.54, 1.807) is 29.9 Å². The molecule has 6 nitrogen and oxygen atoms in total. The highest BCUT2D eigenvalue weighted by Crippen LogP contribution is 2.16. The van der Waals surface area contributed by atoms with Crippen LogP contribution in [0.5, 0.6) is 0 Å². The van der Waals surface area contributed by atoms with E-state index in [0.29, 0.717) is 11.5 Å². The largest absolute Gasteiger partial charge is 0.467 e. The van der Waals surface area contributed by atoms with Crippen LogP contribution in [-0.2, 0) is 7.05 Å². The molecule has 1 unspecified atom stereocenters. The molecule has 0 saturated heterocycles. The second-order valence-electron chi connectivity index (χ2n) is 4.96. The van der Waals surface area contributed by atoms with Gasteiger partial charge in [-0.15, -0.1) is 0 Å². The van der Waals surface area contributed by atoms with Crippen molar-refractivity contribution in [3.63, 3.8) is 0 Å². The van der Waals surface area contributed by atoms with Crippen LogP contribution in [0.4, 0.5) is 0 Å². The summed E-state index contributed by atoms with van der Waals surface area (Å²) in [6.07, 6.45) is 1.51. The molecule has 2 aromatic rings. The van der Waals surface area contributed by atoms with Crippen molar-refractivity contribution in [2.24, 2.45) is 7.05 Å². The maximum absolute atomic E-state index is 12.2. The average Bonchev–Trinajstić information content (AvgIpc) is 3.04. The van der Waals surface area contributed by atoms with Gasteiger partial charge in [-0.1, -0.05) is 13.8 Å². The third kappa shape index (κ3) is 2.91. The first-order chi connectivity index (χ1) is 9.52. The van der Waals surface area contributed by atoms with E-state index in [1.165, 1.54) is 6.26 Å². The molecule has 2 aromatic heterocycles. The van der Waals surface area contributed by atoms with Crippen molar-refractivity contribution < 1.29 is 14.3 Å². The van der Waals surface area contributed by atoms with Gasteiger partial charge in [0.05, 0.1) is 18.6 Å². The summed E-state index contributed by atoms with van der Waals surface area (Å²) in [7, 11) is 1.72. The monoisotopic (exact) mass is 277 g/mol. The molecule has 0 aliphatic heterocycles. The van der Waals surface area contributed by atoms with Gasteiger partial charge < -0.3 is 14.8 Å². The van der Waals surface area contributed by atoms with Crippen LogP contribution < -0.4 is 5.32 Å². The van der Waals surface area contributed by atoms with Gasteiger partial charge >= 0.3 is 0 Å². The van der Waals surface area contributed by atoms with Crippen LogP contribution >= 0.6 is 0 Å². The van der Waals surface area contributed by atoms with Crippen LogP contribution in [0.15, 0.2) is 28.9 Å². The Morgan fingerprint density at radius 2 is 2.30 bits per heavy atom. The smallest absolute Gasteiger partial charge is 0.270 e. The molecule has 1 amide bonds. The number of hydrogen-bond acceptors (Lipinski definition) is 4. The number of aryl methyl sites for hydroxylation is 1. The highest BCUT2D eigenvalue weighted by molar-refractivity contribution is 5.92. The summed E-state index contributed by atoms with van der Waals surface area (Å²) in [5.41, 5.74) is 1.31. The molecule has 1 atom stereocenters. The molecule has 0 aliphatic rings. The summed E-state index contributed by atoms with van der Waals surface area (Å²) < 4.78 is 6.74. The molecule has 0 saturated carbocycles. The van der Waals surface area contributed by atoms with Crippen LogP contribution in [0.1, 0.15) is 47.7 Å². The first-order valence-electron chi connectivity index (χ1n) is 6.52. The number of furan rings is 1. The second-order valence-corrected chi connectivity index (χ2v) is 4.96. The molecule has 0 aromatic carbocycles. The molecule has 6 heteroatoms. The van der Waals surface area contributed by atoms with E-state index < -0.39 is 6.04 Å². The van der Waals surface area contributed by atoms with Gasteiger partial charge in [0.2, 0.25) is 0 Å². The van der Waals surface area contributed by atoms with Gasteiger partial charge in [-0.2, -0.15) is 5.10 Å². The topological polar surface area (TPSA) is 80.3 Å². The molecule has 2 rings (SSSR count). The lowest BCUT2D eigenvalue weighted by Gasteiger charge is -2.13. The fourth-order valence-electron chi connectivity index (χ4n) is 1.91. The molecular weight excluding hydrogens is 258 g/mol. The van der Waals surface area contributed by atoms with Crippen molar-refractivity contribution in [1.82, 2.24) is 15.1 Å². The number of aromatic nitrogens is 2. The van der Waals surface area contributed by atoms with E-state index in [-0.39, 0.29) is 18.4 Å². The third-order valence-corrected chi connectivity index (χ3v) is 3.10. The number of nitrogens with zero attached hydrogens (tertiary/aromatic N) is 2. The van der Waals surface area contributed by atoms with E-state index in [9.17, 15) is 9.90 Å². The van der Waals surface area contributed by atoms with E-state index in [1.807, 2.05) is 13.8 Å².